The molecular formula is C23H24FN5O3. The Morgan fingerprint density at radius 2 is 2.03 bits per heavy atom. The van der Waals surface area contributed by atoms with Gasteiger partial charge in [-0.05, 0) is 35.4 Å². The van der Waals surface area contributed by atoms with E-state index in [1.54, 1.807) is 29.1 Å². The highest BCUT2D eigenvalue weighted by Gasteiger charge is 2.32. The first-order valence-electron chi connectivity index (χ1n) is 10.3. The number of nitrogens with zero attached hydrogens (tertiary/aromatic N) is 3. The van der Waals surface area contributed by atoms with Gasteiger partial charge in [-0.3, -0.25) is 14.4 Å². The number of hydrogen-bond acceptors (Lipinski definition) is 5. The number of nitrogens with two attached hydrogens (primary N) is 1. The van der Waals surface area contributed by atoms with E-state index in [1.165, 1.54) is 17.9 Å². The van der Waals surface area contributed by atoms with Crippen LogP contribution in [0, 0.1) is 5.82 Å². The second kappa shape index (κ2) is 9.09. The Kier molecular flexibility index (Phi) is 6.07. The summed E-state index contributed by atoms with van der Waals surface area (Å²) < 4.78 is 22.0. The average molecular weight is 437 g/mol. The van der Waals surface area contributed by atoms with Crippen molar-refractivity contribution in [3.63, 3.8) is 0 Å². The van der Waals surface area contributed by atoms with Crippen LogP contribution in [-0.4, -0.2) is 41.0 Å². The number of amides is 2. The van der Waals surface area contributed by atoms with E-state index in [-0.39, 0.29) is 12.0 Å². The summed E-state index contributed by atoms with van der Waals surface area (Å²) in [4.78, 5) is 24.6. The molecule has 3 aromatic rings. The Morgan fingerprint density at radius 1 is 1.25 bits per heavy atom. The minimum Gasteiger partial charge on any atom is -0.444 e. The number of nitrogen functional groups attached to an aromatic ring is 1. The Labute approximate surface area is 184 Å². The van der Waals surface area contributed by atoms with Gasteiger partial charge in [0.25, 0.3) is 0 Å². The van der Waals surface area contributed by atoms with Crippen molar-refractivity contribution in [2.75, 3.05) is 23.7 Å². The molecule has 9 heteroatoms. The molecule has 3 N–H and O–H groups in total. The summed E-state index contributed by atoms with van der Waals surface area (Å²) in [7, 11) is 0. The van der Waals surface area contributed by atoms with Crippen molar-refractivity contribution in [2.45, 2.75) is 26.0 Å². The molecule has 2 aromatic carbocycles. The lowest BCUT2D eigenvalue weighted by molar-refractivity contribution is -0.119. The highest BCUT2D eigenvalue weighted by atomic mass is 19.1. The molecule has 1 fully saturated rings. The fourth-order valence-electron chi connectivity index (χ4n) is 3.64. The number of halogens is 1. The Morgan fingerprint density at radius 3 is 2.69 bits per heavy atom. The molecule has 1 aliphatic rings. The molecule has 1 atom stereocenters. The maximum absolute atomic E-state index is 14.9. The third-order valence-corrected chi connectivity index (χ3v) is 5.25. The highest BCUT2D eigenvalue weighted by molar-refractivity contribution is 5.90. The summed E-state index contributed by atoms with van der Waals surface area (Å²) in [6, 6.07) is 14.0. The molecule has 8 nitrogen and oxygen atoms in total. The van der Waals surface area contributed by atoms with Crippen LogP contribution in [0.5, 0.6) is 0 Å². The number of ether oxygens (including phenoxy) is 1. The molecule has 4 rings (SSSR count). The van der Waals surface area contributed by atoms with Gasteiger partial charge in [0.05, 0.1) is 18.8 Å². The van der Waals surface area contributed by atoms with Crippen molar-refractivity contribution in [1.82, 2.24) is 15.1 Å². The van der Waals surface area contributed by atoms with Gasteiger partial charge in [-0.25, -0.2) is 9.18 Å². The van der Waals surface area contributed by atoms with E-state index in [1.807, 2.05) is 24.3 Å². The number of benzene rings is 2. The Balaban J connectivity index is 1.43. The number of anilines is 2. The van der Waals surface area contributed by atoms with Crippen molar-refractivity contribution in [1.29, 1.82) is 0 Å². The maximum Gasteiger partial charge on any atom is 0.414 e. The van der Waals surface area contributed by atoms with Gasteiger partial charge in [0, 0.05) is 31.6 Å². The van der Waals surface area contributed by atoms with E-state index in [4.69, 9.17) is 10.5 Å². The third-order valence-electron chi connectivity index (χ3n) is 5.25. The Bertz CT molecular complexity index is 1130. The largest absolute Gasteiger partial charge is 0.444 e. The van der Waals surface area contributed by atoms with Crippen molar-refractivity contribution in [2.24, 2.45) is 0 Å². The van der Waals surface area contributed by atoms with E-state index in [0.717, 1.165) is 11.1 Å². The second-order valence-electron chi connectivity index (χ2n) is 7.69. The van der Waals surface area contributed by atoms with Crippen LogP contribution in [-0.2, 0) is 16.1 Å². The van der Waals surface area contributed by atoms with Gasteiger partial charge in [0.1, 0.15) is 17.7 Å². The molecule has 2 heterocycles. The van der Waals surface area contributed by atoms with E-state index in [9.17, 15) is 14.0 Å². The van der Waals surface area contributed by atoms with Crippen LogP contribution in [0.2, 0.25) is 0 Å². The van der Waals surface area contributed by atoms with Crippen LogP contribution in [0.1, 0.15) is 18.9 Å². The molecule has 0 radical (unpaired) electrons. The van der Waals surface area contributed by atoms with Gasteiger partial charge in [0.2, 0.25) is 5.91 Å². The number of aromatic nitrogens is 2. The number of hydrogen-bond donors (Lipinski definition) is 2. The number of carbonyl (C=O) groups excluding carboxylic acids is 2. The summed E-state index contributed by atoms with van der Waals surface area (Å²) in [5, 5.41) is 6.83. The molecule has 0 aliphatic carbocycles. The van der Waals surface area contributed by atoms with Crippen LogP contribution in [0.25, 0.3) is 11.1 Å². The zero-order chi connectivity index (χ0) is 22.7. The van der Waals surface area contributed by atoms with E-state index in [2.05, 4.69) is 10.4 Å². The molecule has 1 aliphatic heterocycles. The van der Waals surface area contributed by atoms with E-state index >= 15 is 0 Å². The van der Waals surface area contributed by atoms with Crippen molar-refractivity contribution in [3.05, 3.63) is 66.1 Å². The van der Waals surface area contributed by atoms with Crippen LogP contribution >= 0.6 is 0 Å². The lowest BCUT2D eigenvalue weighted by Crippen LogP contribution is -2.27. The molecule has 0 unspecified atom stereocenters. The van der Waals surface area contributed by atoms with Crippen molar-refractivity contribution in [3.8, 4) is 11.1 Å². The first kappa shape index (κ1) is 21.4. The molecule has 166 valence electrons. The topological polar surface area (TPSA) is 102 Å². The smallest absolute Gasteiger partial charge is 0.414 e. The van der Waals surface area contributed by atoms with Crippen LogP contribution < -0.4 is 16.0 Å². The molecule has 1 aromatic heterocycles. The van der Waals surface area contributed by atoms with Gasteiger partial charge < -0.3 is 15.8 Å². The average Bonchev–Trinajstić information content (AvgIpc) is 3.33. The second-order valence-corrected chi connectivity index (χ2v) is 7.69. The predicted octanol–water partition coefficient (Wildman–Crippen LogP) is 3.17. The summed E-state index contributed by atoms with van der Waals surface area (Å²) in [6.45, 7) is 2.72. The third kappa shape index (κ3) is 4.88. The summed E-state index contributed by atoms with van der Waals surface area (Å²) in [6.07, 6.45) is 1.43. The van der Waals surface area contributed by atoms with Gasteiger partial charge in [-0.1, -0.05) is 24.3 Å². The molecular weight excluding hydrogens is 413 g/mol. The molecule has 1 saturated heterocycles. The molecule has 0 spiro atoms. The van der Waals surface area contributed by atoms with E-state index < -0.39 is 11.9 Å². The molecule has 0 bridgehead atoms. The van der Waals surface area contributed by atoms with Crippen LogP contribution in [0.4, 0.5) is 20.7 Å². The van der Waals surface area contributed by atoms with E-state index in [0.29, 0.717) is 43.1 Å². The minimum atomic E-state index is -0.520. The molecule has 2 amide bonds. The van der Waals surface area contributed by atoms with Gasteiger partial charge in [-0.15, -0.1) is 0 Å². The van der Waals surface area contributed by atoms with Gasteiger partial charge >= 0.3 is 6.09 Å². The zero-order valence-corrected chi connectivity index (χ0v) is 17.6. The first-order chi connectivity index (χ1) is 15.4. The summed E-state index contributed by atoms with van der Waals surface area (Å²) >= 11 is 0. The maximum atomic E-state index is 14.9. The normalized spacial score (nSPS) is 15.6. The number of nitrogens with one attached hydrogen (secondary N) is 1. The number of rotatable bonds is 7. The summed E-state index contributed by atoms with van der Waals surface area (Å²) in [5.74, 6) is -0.0998. The first-order valence-corrected chi connectivity index (χ1v) is 10.3. The standard InChI is InChI=1S/C23H24FN5O3/c1-15(30)26-10-8-19-14-29(23(31)32-19)18-6-7-20(21(24)12-18)17-4-2-16(3-5-17)13-28-11-9-22(25)27-28/h2-7,9,11-12,19H,8,10,13-14H2,1H3,(H2,25,27)(H,26,30)/t19-/m0/s1. The van der Waals surface area contributed by atoms with Gasteiger partial charge in [-0.2, -0.15) is 5.10 Å². The predicted molar refractivity (Wildman–Crippen MR) is 118 cm³/mol. The van der Waals surface area contributed by atoms with Crippen LogP contribution in [0.3, 0.4) is 0 Å². The van der Waals surface area contributed by atoms with Crippen LogP contribution in [0.15, 0.2) is 54.7 Å². The zero-order valence-electron chi connectivity index (χ0n) is 17.6. The van der Waals surface area contributed by atoms with Crippen molar-refractivity contribution >= 4 is 23.5 Å². The Hall–Kier alpha value is -3.88. The number of carbonyl (C=O) groups is 2. The summed E-state index contributed by atoms with van der Waals surface area (Å²) in [5.41, 5.74) is 8.26. The van der Waals surface area contributed by atoms with Gasteiger partial charge in [0.15, 0.2) is 0 Å². The minimum absolute atomic E-state index is 0.136. The lowest BCUT2D eigenvalue weighted by Gasteiger charge is -2.15. The lowest BCUT2D eigenvalue weighted by atomic mass is 10.0. The number of cyclic esters (lactones) is 1. The quantitative estimate of drug-likeness (QED) is 0.591. The molecule has 0 saturated carbocycles. The van der Waals surface area contributed by atoms with Crippen molar-refractivity contribution < 1.29 is 18.7 Å². The fraction of sp³-hybridized carbons (Fsp3) is 0.261. The monoisotopic (exact) mass is 437 g/mol. The highest BCUT2D eigenvalue weighted by Crippen LogP contribution is 2.29. The fourth-order valence-corrected chi connectivity index (χ4v) is 3.64. The SMILES string of the molecule is CC(=O)NCC[C@H]1CN(c2ccc(-c3ccc(Cn4ccc(N)n4)cc3)c(F)c2)C(=O)O1. The molecule has 32 heavy (non-hydrogen) atoms.